The van der Waals surface area contributed by atoms with Gasteiger partial charge in [-0.05, 0) is 18.1 Å². The van der Waals surface area contributed by atoms with Crippen LogP contribution in [-0.2, 0) is 4.74 Å². The van der Waals surface area contributed by atoms with Gasteiger partial charge in [0.15, 0.2) is 5.96 Å². The Balaban J connectivity index is 0.00000338. The molecule has 1 aromatic rings. The minimum atomic E-state index is 0. The van der Waals surface area contributed by atoms with Gasteiger partial charge in [-0.2, -0.15) is 0 Å². The first-order valence-electron chi connectivity index (χ1n) is 8.66. The van der Waals surface area contributed by atoms with Crippen molar-refractivity contribution in [1.82, 2.24) is 4.90 Å². The van der Waals surface area contributed by atoms with Crippen molar-refractivity contribution in [2.75, 3.05) is 52.4 Å². The fraction of sp³-hybridized carbons (Fsp3) is 0.611. The lowest BCUT2D eigenvalue weighted by molar-refractivity contribution is 0.00870. The third-order valence-corrected chi connectivity index (χ3v) is 4.40. The second-order valence-corrected chi connectivity index (χ2v) is 6.38. The number of guanidine groups is 1. The molecule has 1 aliphatic rings. The molecule has 1 unspecified atom stereocenters. The van der Waals surface area contributed by atoms with Gasteiger partial charge in [0.05, 0.1) is 39.7 Å². The lowest BCUT2D eigenvalue weighted by atomic mass is 10.0. The molecule has 148 valence electrons. The third kappa shape index (κ3) is 6.48. The van der Waals surface area contributed by atoms with Gasteiger partial charge >= 0.3 is 0 Å². The summed E-state index contributed by atoms with van der Waals surface area (Å²) in [6.07, 6.45) is 0. The zero-order chi connectivity index (χ0) is 18.2. The highest BCUT2D eigenvalue weighted by Gasteiger charge is 2.23. The molecule has 7 nitrogen and oxygen atoms in total. The predicted octanol–water partition coefficient (Wildman–Crippen LogP) is 2.41. The molecule has 1 fully saturated rings. The van der Waals surface area contributed by atoms with E-state index >= 15 is 0 Å². The Morgan fingerprint density at radius 2 is 1.96 bits per heavy atom. The Kier molecular flexibility index (Phi) is 10.0. The zero-order valence-corrected chi connectivity index (χ0v) is 18.4. The van der Waals surface area contributed by atoms with Crippen molar-refractivity contribution in [3.8, 4) is 11.5 Å². The van der Waals surface area contributed by atoms with E-state index in [1.807, 2.05) is 18.2 Å². The maximum Gasteiger partial charge on any atom is 0.193 e. The highest BCUT2D eigenvalue weighted by molar-refractivity contribution is 14.0. The molecule has 1 aromatic carbocycles. The number of hydrogen-bond acceptors (Lipinski definition) is 5. The molecular formula is C18H31IN4O3. The van der Waals surface area contributed by atoms with E-state index in [9.17, 15) is 0 Å². The molecule has 0 saturated carbocycles. The predicted molar refractivity (Wildman–Crippen MR) is 116 cm³/mol. The van der Waals surface area contributed by atoms with Gasteiger partial charge < -0.3 is 25.3 Å². The first kappa shape index (κ1) is 22.8. The summed E-state index contributed by atoms with van der Waals surface area (Å²) in [7, 11) is 3.24. The largest absolute Gasteiger partial charge is 0.497 e. The second kappa shape index (κ2) is 11.5. The van der Waals surface area contributed by atoms with Gasteiger partial charge in [0.1, 0.15) is 11.5 Å². The number of nitrogens with zero attached hydrogens (tertiary/aromatic N) is 2. The van der Waals surface area contributed by atoms with Crippen LogP contribution in [0.15, 0.2) is 23.2 Å². The van der Waals surface area contributed by atoms with Crippen LogP contribution in [0.1, 0.15) is 13.8 Å². The number of nitrogens with one attached hydrogen (secondary N) is 1. The monoisotopic (exact) mass is 478 g/mol. The van der Waals surface area contributed by atoms with Crippen LogP contribution >= 0.6 is 24.0 Å². The summed E-state index contributed by atoms with van der Waals surface area (Å²) in [6.45, 7) is 8.51. The quantitative estimate of drug-likeness (QED) is 0.356. The summed E-state index contributed by atoms with van der Waals surface area (Å²) in [5.41, 5.74) is 6.83. The number of anilines is 1. The van der Waals surface area contributed by atoms with Crippen LogP contribution in [0.3, 0.4) is 0 Å². The van der Waals surface area contributed by atoms with Crippen LogP contribution in [-0.4, -0.2) is 64.0 Å². The number of rotatable bonds is 7. The minimum Gasteiger partial charge on any atom is -0.497 e. The molecule has 8 heteroatoms. The average Bonchev–Trinajstić information content (AvgIpc) is 2.62. The van der Waals surface area contributed by atoms with E-state index < -0.39 is 0 Å². The van der Waals surface area contributed by atoms with E-state index in [-0.39, 0.29) is 24.0 Å². The smallest absolute Gasteiger partial charge is 0.193 e. The molecule has 0 aliphatic carbocycles. The number of benzene rings is 1. The van der Waals surface area contributed by atoms with Crippen LogP contribution in [0.25, 0.3) is 0 Å². The van der Waals surface area contributed by atoms with Crippen molar-refractivity contribution in [2.45, 2.75) is 19.9 Å². The molecule has 1 heterocycles. The van der Waals surface area contributed by atoms with Gasteiger partial charge in [-0.1, -0.05) is 13.8 Å². The number of nitrogens with two attached hydrogens (primary N) is 1. The summed E-state index contributed by atoms with van der Waals surface area (Å²) in [6, 6.07) is 5.85. The van der Waals surface area contributed by atoms with Gasteiger partial charge in [-0.15, -0.1) is 24.0 Å². The van der Waals surface area contributed by atoms with Gasteiger partial charge in [0, 0.05) is 25.2 Å². The molecule has 0 spiro atoms. The van der Waals surface area contributed by atoms with Crippen molar-refractivity contribution in [1.29, 1.82) is 0 Å². The standard InChI is InChI=1S/C18H30N4O3.HI/c1-13(2)16(22-7-9-25-10-8-22)12-20-18(19)21-15-11-14(23-3)5-6-17(15)24-4;/h5-6,11,13,16H,7-10,12H2,1-4H3,(H3,19,20,21);1H. The van der Waals surface area contributed by atoms with E-state index in [0.717, 1.165) is 37.7 Å². The first-order valence-corrected chi connectivity index (χ1v) is 8.66. The van der Waals surface area contributed by atoms with Crippen molar-refractivity contribution in [3.63, 3.8) is 0 Å². The lowest BCUT2D eigenvalue weighted by Gasteiger charge is -2.36. The molecular weight excluding hydrogens is 447 g/mol. The van der Waals surface area contributed by atoms with Gasteiger partial charge in [0.2, 0.25) is 0 Å². The van der Waals surface area contributed by atoms with Crippen molar-refractivity contribution in [3.05, 3.63) is 18.2 Å². The Morgan fingerprint density at radius 1 is 1.27 bits per heavy atom. The summed E-state index contributed by atoms with van der Waals surface area (Å²) in [4.78, 5) is 6.98. The second-order valence-electron chi connectivity index (χ2n) is 6.38. The molecule has 0 aromatic heterocycles. The molecule has 3 N–H and O–H groups in total. The molecule has 0 radical (unpaired) electrons. The Hall–Kier alpha value is -1.26. The SMILES string of the molecule is COc1ccc(OC)c(NC(N)=NCC(C(C)C)N2CCOCC2)c1.I. The molecule has 2 rings (SSSR count). The summed E-state index contributed by atoms with van der Waals surface area (Å²) >= 11 is 0. The number of halogens is 1. The summed E-state index contributed by atoms with van der Waals surface area (Å²) in [5, 5.41) is 3.11. The summed E-state index contributed by atoms with van der Waals surface area (Å²) in [5.74, 6) is 2.27. The fourth-order valence-electron chi connectivity index (χ4n) is 2.94. The van der Waals surface area contributed by atoms with E-state index in [2.05, 4.69) is 29.1 Å². The Morgan fingerprint density at radius 3 is 2.54 bits per heavy atom. The minimum absolute atomic E-state index is 0. The van der Waals surface area contributed by atoms with Crippen molar-refractivity contribution >= 4 is 35.6 Å². The number of methoxy groups -OCH3 is 2. The molecule has 1 aliphatic heterocycles. The van der Waals surface area contributed by atoms with Gasteiger partial charge in [-0.25, -0.2) is 0 Å². The number of hydrogen-bond donors (Lipinski definition) is 2. The molecule has 0 amide bonds. The Labute approximate surface area is 173 Å². The van der Waals surface area contributed by atoms with Crippen LogP contribution in [0.2, 0.25) is 0 Å². The molecule has 0 bridgehead atoms. The molecule has 26 heavy (non-hydrogen) atoms. The van der Waals surface area contributed by atoms with Crippen molar-refractivity contribution < 1.29 is 14.2 Å². The average molecular weight is 478 g/mol. The van der Waals surface area contributed by atoms with Crippen LogP contribution in [0, 0.1) is 5.92 Å². The topological polar surface area (TPSA) is 81.3 Å². The summed E-state index contributed by atoms with van der Waals surface area (Å²) < 4.78 is 16.0. The maximum absolute atomic E-state index is 6.10. The number of ether oxygens (including phenoxy) is 3. The zero-order valence-electron chi connectivity index (χ0n) is 16.0. The van der Waals surface area contributed by atoms with E-state index in [1.54, 1.807) is 14.2 Å². The molecule has 1 atom stereocenters. The van der Waals surface area contributed by atoms with Crippen LogP contribution in [0.5, 0.6) is 11.5 Å². The maximum atomic E-state index is 6.10. The highest BCUT2D eigenvalue weighted by Crippen LogP contribution is 2.28. The van der Waals surface area contributed by atoms with E-state index in [0.29, 0.717) is 30.2 Å². The lowest BCUT2D eigenvalue weighted by Crippen LogP contribution is -2.47. The third-order valence-electron chi connectivity index (χ3n) is 4.40. The van der Waals surface area contributed by atoms with Gasteiger partial charge in [0.25, 0.3) is 0 Å². The van der Waals surface area contributed by atoms with E-state index in [1.165, 1.54) is 0 Å². The first-order chi connectivity index (χ1) is 12.0. The normalized spacial score (nSPS) is 16.7. The Bertz CT molecular complexity index is 578. The molecule has 1 saturated heterocycles. The van der Waals surface area contributed by atoms with Crippen LogP contribution in [0.4, 0.5) is 5.69 Å². The number of morpholine rings is 1. The fourth-order valence-corrected chi connectivity index (χ4v) is 2.94. The van der Waals surface area contributed by atoms with Gasteiger partial charge in [-0.3, -0.25) is 9.89 Å². The van der Waals surface area contributed by atoms with Crippen molar-refractivity contribution in [2.24, 2.45) is 16.6 Å². The highest BCUT2D eigenvalue weighted by atomic mass is 127. The number of aliphatic imine (C=N–C) groups is 1. The van der Waals surface area contributed by atoms with Crippen LogP contribution < -0.4 is 20.5 Å². The van der Waals surface area contributed by atoms with E-state index in [4.69, 9.17) is 19.9 Å².